The Labute approximate surface area is 132 Å². The molecule has 0 unspecified atom stereocenters. The number of hydrogen-bond acceptors (Lipinski definition) is 5. The van der Waals surface area contributed by atoms with E-state index in [9.17, 15) is 18.5 Å². The summed E-state index contributed by atoms with van der Waals surface area (Å²) in [6, 6.07) is 4.32. The number of sulfone groups is 1. The number of nitro groups is 1. The molecule has 6 nitrogen and oxygen atoms in total. The summed E-state index contributed by atoms with van der Waals surface area (Å²) in [5, 5.41) is 14.3. The van der Waals surface area contributed by atoms with Crippen LogP contribution in [0.1, 0.15) is 34.1 Å². The lowest BCUT2D eigenvalue weighted by Crippen LogP contribution is -2.25. The van der Waals surface area contributed by atoms with Crippen molar-refractivity contribution in [1.29, 1.82) is 0 Å². The maximum atomic E-state index is 11.7. The van der Waals surface area contributed by atoms with Crippen molar-refractivity contribution in [1.82, 2.24) is 0 Å². The van der Waals surface area contributed by atoms with Crippen molar-refractivity contribution in [3.8, 4) is 0 Å². The van der Waals surface area contributed by atoms with E-state index in [0.717, 1.165) is 12.7 Å². The Bertz CT molecular complexity index is 652. The van der Waals surface area contributed by atoms with Crippen LogP contribution < -0.4 is 5.32 Å². The Morgan fingerprint density at radius 3 is 2.36 bits per heavy atom. The third-order valence-corrected chi connectivity index (χ3v) is 4.43. The summed E-state index contributed by atoms with van der Waals surface area (Å²) < 4.78 is 23.4. The molecule has 1 rings (SSSR count). The number of hydrogen-bond donors (Lipinski definition) is 1. The molecule has 0 aromatic heterocycles. The molecule has 0 spiro atoms. The minimum atomic E-state index is -3.66. The average molecular weight is 328 g/mol. The zero-order valence-corrected chi connectivity index (χ0v) is 14.5. The summed E-state index contributed by atoms with van der Waals surface area (Å²) in [7, 11) is -3.66. The summed E-state index contributed by atoms with van der Waals surface area (Å²) >= 11 is 0. The van der Waals surface area contributed by atoms with Crippen LogP contribution in [0, 0.1) is 21.4 Å². The molecular weight excluding hydrogens is 304 g/mol. The molecule has 0 saturated heterocycles. The van der Waals surface area contributed by atoms with Crippen molar-refractivity contribution in [2.75, 3.05) is 18.1 Å². The monoisotopic (exact) mass is 328 g/mol. The topological polar surface area (TPSA) is 89.3 Å². The fourth-order valence-electron chi connectivity index (χ4n) is 2.66. The van der Waals surface area contributed by atoms with E-state index < -0.39 is 14.8 Å². The zero-order valence-electron chi connectivity index (χ0n) is 13.7. The van der Waals surface area contributed by atoms with Crippen molar-refractivity contribution < 1.29 is 13.3 Å². The van der Waals surface area contributed by atoms with Crippen LogP contribution in [0.15, 0.2) is 23.1 Å². The lowest BCUT2D eigenvalue weighted by Gasteiger charge is -2.27. The molecule has 0 aliphatic heterocycles. The van der Waals surface area contributed by atoms with Gasteiger partial charge in [-0.15, -0.1) is 0 Å². The van der Waals surface area contributed by atoms with Crippen LogP contribution >= 0.6 is 0 Å². The van der Waals surface area contributed by atoms with Gasteiger partial charge >= 0.3 is 5.69 Å². The molecular formula is C15H24N2O4S. The predicted molar refractivity (Wildman–Crippen MR) is 87.9 cm³/mol. The minimum Gasteiger partial charge on any atom is -0.379 e. The van der Waals surface area contributed by atoms with Crippen LogP contribution in [-0.2, 0) is 9.84 Å². The van der Waals surface area contributed by atoms with Crippen LogP contribution in [0.25, 0.3) is 0 Å². The highest BCUT2D eigenvalue weighted by atomic mass is 32.2. The molecule has 0 bridgehead atoms. The third kappa shape index (κ3) is 4.98. The van der Waals surface area contributed by atoms with Crippen LogP contribution in [0.5, 0.6) is 0 Å². The molecule has 1 aromatic carbocycles. The van der Waals surface area contributed by atoms with Gasteiger partial charge in [0.05, 0.1) is 4.92 Å². The number of rotatable bonds is 7. The zero-order chi connectivity index (χ0) is 17.1. The fraction of sp³-hybridized carbons (Fsp3) is 0.600. The number of nitro benzene ring substituents is 1. The highest BCUT2D eigenvalue weighted by molar-refractivity contribution is 7.90. The standard InChI is InChI=1S/C15H24N2O4S/c1-11(2)9-15(3,4)10-16-12-7-6-8-13(22(5,20)21)14(12)17(18)19/h6-8,11,16H,9-10H2,1-5H3. The largest absolute Gasteiger partial charge is 0.379 e. The molecule has 0 aliphatic rings. The maximum absolute atomic E-state index is 11.7. The molecule has 124 valence electrons. The summed E-state index contributed by atoms with van der Waals surface area (Å²) in [5.74, 6) is 0.508. The van der Waals surface area contributed by atoms with Gasteiger partial charge in [0.2, 0.25) is 0 Å². The van der Waals surface area contributed by atoms with E-state index in [-0.39, 0.29) is 21.7 Å². The van der Waals surface area contributed by atoms with E-state index in [4.69, 9.17) is 0 Å². The first-order valence-corrected chi connectivity index (χ1v) is 9.04. The van der Waals surface area contributed by atoms with Crippen molar-refractivity contribution in [3.63, 3.8) is 0 Å². The van der Waals surface area contributed by atoms with E-state index in [1.165, 1.54) is 18.2 Å². The molecule has 0 fully saturated rings. The molecule has 0 aliphatic carbocycles. The lowest BCUT2D eigenvalue weighted by atomic mass is 9.84. The normalized spacial score (nSPS) is 12.5. The number of benzene rings is 1. The van der Waals surface area contributed by atoms with E-state index in [0.29, 0.717) is 12.5 Å². The molecule has 22 heavy (non-hydrogen) atoms. The smallest absolute Gasteiger partial charge is 0.310 e. The fourth-order valence-corrected chi connectivity index (χ4v) is 3.53. The van der Waals surface area contributed by atoms with E-state index in [1.807, 2.05) is 0 Å². The van der Waals surface area contributed by atoms with Crippen molar-refractivity contribution >= 4 is 21.2 Å². The van der Waals surface area contributed by atoms with E-state index in [2.05, 4.69) is 33.0 Å². The highest BCUT2D eigenvalue weighted by Gasteiger charge is 2.27. The van der Waals surface area contributed by atoms with E-state index >= 15 is 0 Å². The highest BCUT2D eigenvalue weighted by Crippen LogP contribution is 2.33. The molecule has 0 atom stereocenters. The van der Waals surface area contributed by atoms with Gasteiger partial charge in [-0.3, -0.25) is 10.1 Å². The van der Waals surface area contributed by atoms with Gasteiger partial charge < -0.3 is 5.32 Å². The first-order valence-electron chi connectivity index (χ1n) is 7.15. The van der Waals surface area contributed by atoms with Crippen LogP contribution in [0.2, 0.25) is 0 Å². The second-order valence-electron chi connectivity index (χ2n) is 6.80. The Morgan fingerprint density at radius 1 is 1.32 bits per heavy atom. The number of nitrogens with zero attached hydrogens (tertiary/aromatic N) is 1. The summed E-state index contributed by atoms with van der Waals surface area (Å²) in [5.41, 5.74) is -0.196. The van der Waals surface area contributed by atoms with Gasteiger partial charge in [0.25, 0.3) is 0 Å². The summed E-state index contributed by atoms with van der Waals surface area (Å²) in [4.78, 5) is 10.4. The van der Waals surface area contributed by atoms with Gasteiger partial charge in [-0.2, -0.15) is 0 Å². The van der Waals surface area contributed by atoms with Gasteiger partial charge in [-0.05, 0) is 29.9 Å². The van der Waals surface area contributed by atoms with Crippen LogP contribution in [0.3, 0.4) is 0 Å². The number of anilines is 1. The Hall–Kier alpha value is -1.63. The van der Waals surface area contributed by atoms with Gasteiger partial charge in [0.1, 0.15) is 10.6 Å². The van der Waals surface area contributed by atoms with Crippen LogP contribution in [-0.4, -0.2) is 26.1 Å². The molecule has 0 heterocycles. The molecule has 0 saturated carbocycles. The number of nitrogens with one attached hydrogen (secondary N) is 1. The Morgan fingerprint density at radius 2 is 1.91 bits per heavy atom. The predicted octanol–water partition coefficient (Wildman–Crippen LogP) is 3.48. The quantitative estimate of drug-likeness (QED) is 0.611. The molecule has 1 aromatic rings. The molecule has 0 amide bonds. The number of para-hydroxylation sites is 1. The minimum absolute atomic E-state index is 0.0525. The first-order chi connectivity index (χ1) is 9.94. The summed E-state index contributed by atoms with van der Waals surface area (Å²) in [6.07, 6.45) is 1.93. The Kier molecular flexibility index (Phi) is 5.56. The van der Waals surface area contributed by atoms with Gasteiger partial charge in [-0.1, -0.05) is 33.8 Å². The second-order valence-corrected chi connectivity index (χ2v) is 8.78. The van der Waals surface area contributed by atoms with E-state index in [1.54, 1.807) is 0 Å². The summed E-state index contributed by atoms with van der Waals surface area (Å²) in [6.45, 7) is 8.92. The van der Waals surface area contributed by atoms with Crippen molar-refractivity contribution in [2.45, 2.75) is 39.0 Å². The molecule has 0 radical (unpaired) electrons. The lowest BCUT2D eigenvalue weighted by molar-refractivity contribution is -0.386. The molecule has 7 heteroatoms. The van der Waals surface area contributed by atoms with Crippen molar-refractivity contribution in [2.24, 2.45) is 11.3 Å². The SMILES string of the molecule is CC(C)CC(C)(C)CNc1cccc(S(C)(=O)=O)c1[N+](=O)[O-]. The average Bonchev–Trinajstić information content (AvgIpc) is 2.33. The third-order valence-electron chi connectivity index (χ3n) is 3.30. The second kappa shape index (κ2) is 6.64. The molecule has 1 N–H and O–H groups in total. The van der Waals surface area contributed by atoms with Gasteiger partial charge in [0.15, 0.2) is 9.84 Å². The van der Waals surface area contributed by atoms with Gasteiger partial charge in [-0.25, -0.2) is 8.42 Å². The maximum Gasteiger partial charge on any atom is 0.310 e. The van der Waals surface area contributed by atoms with Gasteiger partial charge in [0, 0.05) is 12.8 Å². The first kappa shape index (κ1) is 18.4. The van der Waals surface area contributed by atoms with Crippen molar-refractivity contribution in [3.05, 3.63) is 28.3 Å². The van der Waals surface area contributed by atoms with Crippen LogP contribution in [0.4, 0.5) is 11.4 Å². The Balaban J connectivity index is 3.14.